The van der Waals surface area contributed by atoms with Crippen molar-refractivity contribution in [1.82, 2.24) is 5.32 Å². The lowest BCUT2D eigenvalue weighted by molar-refractivity contribution is 0.0847. The number of hydrogen-bond donors (Lipinski definition) is 1. The molecule has 1 aromatic carbocycles. The molecule has 0 unspecified atom stereocenters. The van der Waals surface area contributed by atoms with Gasteiger partial charge in [-0.2, -0.15) is 0 Å². The molecule has 0 aliphatic heterocycles. The van der Waals surface area contributed by atoms with Gasteiger partial charge >= 0.3 is 0 Å². The van der Waals surface area contributed by atoms with E-state index in [1.165, 1.54) is 6.42 Å². The molecular weight excluding hydrogens is 226 g/mol. The number of ether oxygens (including phenoxy) is 1. The molecule has 1 aromatic rings. The highest BCUT2D eigenvalue weighted by atomic mass is 16.5. The number of carbonyl (C=O) groups excluding carboxylic acids is 1. The monoisotopic (exact) mass is 245 g/mol. The molecule has 0 atom stereocenters. The first-order valence-corrected chi connectivity index (χ1v) is 6.21. The van der Waals surface area contributed by atoms with E-state index in [1.54, 1.807) is 19.3 Å². The second-order valence-electron chi connectivity index (χ2n) is 5.03. The first kappa shape index (κ1) is 12.7. The number of hydrogen-bond acceptors (Lipinski definition) is 2. The van der Waals surface area contributed by atoms with Crippen LogP contribution < -0.4 is 10.1 Å². The molecule has 0 saturated heterocycles. The fourth-order valence-corrected chi connectivity index (χ4v) is 2.20. The van der Waals surface area contributed by atoms with Crippen LogP contribution in [0.4, 0.5) is 0 Å². The Kier molecular flexibility index (Phi) is 3.41. The minimum Gasteiger partial charge on any atom is -0.496 e. The molecule has 2 rings (SSSR count). The van der Waals surface area contributed by atoms with Crippen LogP contribution >= 0.6 is 0 Å². The lowest BCUT2D eigenvalue weighted by atomic mass is 9.78. The molecule has 1 aliphatic rings. The van der Waals surface area contributed by atoms with Gasteiger partial charge in [-0.15, -0.1) is 0 Å². The van der Waals surface area contributed by atoms with Crippen LogP contribution in [-0.4, -0.2) is 18.6 Å². The number of benzene rings is 1. The van der Waals surface area contributed by atoms with E-state index >= 15 is 0 Å². The van der Waals surface area contributed by atoms with Gasteiger partial charge in [0, 0.05) is 5.54 Å². The lowest BCUT2D eigenvalue weighted by Crippen LogP contribution is -2.50. The summed E-state index contributed by atoms with van der Waals surface area (Å²) in [5, 5.41) is 3.08. The molecule has 1 saturated carbocycles. The Balaban J connectivity index is 2.21. The van der Waals surface area contributed by atoms with Gasteiger partial charge in [0.1, 0.15) is 5.75 Å². The normalized spacial score (nSPS) is 16.6. The predicted octanol–water partition coefficient (Wildman–Crippen LogP) is 3.01. The van der Waals surface area contributed by atoms with Gasteiger partial charge in [0.05, 0.1) is 12.7 Å². The number of rotatable bonds is 4. The second-order valence-corrected chi connectivity index (χ2v) is 5.03. The zero-order valence-electron chi connectivity index (χ0n) is 11.0. The average molecular weight is 245 g/mol. The maximum Gasteiger partial charge on any atom is 0.255 e. The summed E-state index contributed by atoms with van der Waals surface area (Å²) in [6, 6.07) is 5.48. The van der Waals surface area contributed by atoms with Crippen molar-refractivity contribution in [2.45, 2.75) is 31.7 Å². The molecule has 18 heavy (non-hydrogen) atoms. The number of carbonyl (C=O) groups is 1. The number of methoxy groups -OCH3 is 1. The summed E-state index contributed by atoms with van der Waals surface area (Å²) in [6.45, 7) is 5.79. The van der Waals surface area contributed by atoms with Gasteiger partial charge in [0.25, 0.3) is 5.91 Å². The smallest absolute Gasteiger partial charge is 0.255 e. The van der Waals surface area contributed by atoms with Crippen molar-refractivity contribution in [2.75, 3.05) is 7.11 Å². The highest BCUT2D eigenvalue weighted by molar-refractivity contribution is 5.97. The van der Waals surface area contributed by atoms with Crippen LogP contribution in [-0.2, 0) is 0 Å². The van der Waals surface area contributed by atoms with Gasteiger partial charge in [0.15, 0.2) is 0 Å². The zero-order chi connectivity index (χ0) is 13.2. The van der Waals surface area contributed by atoms with Gasteiger partial charge in [-0.25, -0.2) is 0 Å². The van der Waals surface area contributed by atoms with Gasteiger partial charge in [0.2, 0.25) is 0 Å². The van der Waals surface area contributed by atoms with Crippen LogP contribution in [0.3, 0.4) is 0 Å². The molecule has 3 heteroatoms. The topological polar surface area (TPSA) is 38.3 Å². The Labute approximate surface area is 108 Å². The Hall–Kier alpha value is -1.77. The van der Waals surface area contributed by atoms with Crippen LogP contribution in [0.15, 0.2) is 24.8 Å². The van der Waals surface area contributed by atoms with E-state index in [4.69, 9.17) is 4.74 Å². The van der Waals surface area contributed by atoms with Crippen LogP contribution in [0.5, 0.6) is 5.75 Å². The first-order chi connectivity index (χ1) is 8.58. The van der Waals surface area contributed by atoms with E-state index in [0.717, 1.165) is 18.4 Å². The molecule has 0 bridgehead atoms. The summed E-state index contributed by atoms with van der Waals surface area (Å²) in [7, 11) is 1.57. The molecule has 1 amide bonds. The standard InChI is InChI=1S/C15H19NO2/c1-4-11-6-7-12(13(10-11)18-3)14(17)16-15(2)8-5-9-15/h4,6-7,10H,1,5,8-9H2,2-3H3,(H,16,17). The van der Waals surface area contributed by atoms with E-state index < -0.39 is 0 Å². The van der Waals surface area contributed by atoms with Crippen molar-refractivity contribution in [3.63, 3.8) is 0 Å². The lowest BCUT2D eigenvalue weighted by Gasteiger charge is -2.39. The molecule has 0 heterocycles. The molecule has 3 nitrogen and oxygen atoms in total. The van der Waals surface area contributed by atoms with E-state index in [1.807, 2.05) is 12.1 Å². The van der Waals surface area contributed by atoms with Gasteiger partial charge in [-0.3, -0.25) is 4.79 Å². The zero-order valence-corrected chi connectivity index (χ0v) is 11.0. The maximum absolute atomic E-state index is 12.2. The van der Waals surface area contributed by atoms with Crippen LogP contribution in [0.2, 0.25) is 0 Å². The van der Waals surface area contributed by atoms with Crippen LogP contribution in [0.25, 0.3) is 6.08 Å². The third-order valence-electron chi connectivity index (χ3n) is 3.58. The van der Waals surface area contributed by atoms with E-state index in [0.29, 0.717) is 11.3 Å². The fraction of sp³-hybridized carbons (Fsp3) is 0.400. The van der Waals surface area contributed by atoms with E-state index in [9.17, 15) is 4.79 Å². The minimum absolute atomic E-state index is 0.0425. The van der Waals surface area contributed by atoms with Gasteiger partial charge in [-0.05, 0) is 43.9 Å². The summed E-state index contributed by atoms with van der Waals surface area (Å²) >= 11 is 0. The third kappa shape index (κ3) is 2.40. The SMILES string of the molecule is C=Cc1ccc(C(=O)NC2(C)CCC2)c(OC)c1. The first-order valence-electron chi connectivity index (χ1n) is 6.21. The predicted molar refractivity (Wildman–Crippen MR) is 72.8 cm³/mol. The molecule has 96 valence electrons. The number of nitrogens with one attached hydrogen (secondary N) is 1. The number of amides is 1. The van der Waals surface area contributed by atoms with E-state index in [2.05, 4.69) is 18.8 Å². The summed E-state index contributed by atoms with van der Waals surface area (Å²) in [5.74, 6) is 0.525. The molecule has 1 N–H and O–H groups in total. The van der Waals surface area contributed by atoms with Crippen molar-refractivity contribution in [2.24, 2.45) is 0 Å². The quantitative estimate of drug-likeness (QED) is 0.885. The summed E-state index contributed by atoms with van der Waals surface area (Å²) in [5.41, 5.74) is 1.48. The Morgan fingerprint density at radius 2 is 2.22 bits per heavy atom. The highest BCUT2D eigenvalue weighted by Gasteiger charge is 2.33. The van der Waals surface area contributed by atoms with Gasteiger partial charge in [-0.1, -0.05) is 18.7 Å². The van der Waals surface area contributed by atoms with Crippen molar-refractivity contribution >= 4 is 12.0 Å². The Bertz CT molecular complexity index is 475. The summed E-state index contributed by atoms with van der Waals surface area (Å²) < 4.78 is 5.27. The highest BCUT2D eigenvalue weighted by Crippen LogP contribution is 2.32. The molecule has 0 radical (unpaired) electrons. The molecule has 1 fully saturated rings. The van der Waals surface area contributed by atoms with Crippen molar-refractivity contribution in [3.05, 3.63) is 35.9 Å². The third-order valence-corrected chi connectivity index (χ3v) is 3.58. The summed E-state index contributed by atoms with van der Waals surface area (Å²) in [6.07, 6.45) is 5.01. The van der Waals surface area contributed by atoms with Crippen molar-refractivity contribution < 1.29 is 9.53 Å². The van der Waals surface area contributed by atoms with Crippen LogP contribution in [0, 0.1) is 0 Å². The fourth-order valence-electron chi connectivity index (χ4n) is 2.20. The van der Waals surface area contributed by atoms with Crippen molar-refractivity contribution in [1.29, 1.82) is 0 Å². The van der Waals surface area contributed by atoms with Crippen LogP contribution in [0.1, 0.15) is 42.1 Å². The summed E-state index contributed by atoms with van der Waals surface area (Å²) in [4.78, 5) is 12.2. The maximum atomic E-state index is 12.2. The minimum atomic E-state index is -0.0651. The largest absolute Gasteiger partial charge is 0.496 e. The van der Waals surface area contributed by atoms with E-state index in [-0.39, 0.29) is 11.4 Å². The average Bonchev–Trinajstić information content (AvgIpc) is 2.35. The molecular formula is C15H19NO2. The molecule has 0 spiro atoms. The Morgan fingerprint density at radius 3 is 2.72 bits per heavy atom. The Morgan fingerprint density at radius 1 is 1.50 bits per heavy atom. The second kappa shape index (κ2) is 4.84. The van der Waals surface area contributed by atoms with Crippen molar-refractivity contribution in [3.8, 4) is 5.75 Å². The molecule has 1 aliphatic carbocycles. The van der Waals surface area contributed by atoms with Gasteiger partial charge < -0.3 is 10.1 Å². The molecule has 0 aromatic heterocycles.